The van der Waals surface area contributed by atoms with Crippen LogP contribution in [0.5, 0.6) is 0 Å². The van der Waals surface area contributed by atoms with Crippen molar-refractivity contribution in [1.29, 1.82) is 0 Å². The molecule has 23 heavy (non-hydrogen) atoms. The number of hydrogen-bond donors (Lipinski definition) is 3. The minimum atomic E-state index is -3.97. The van der Waals surface area contributed by atoms with Crippen molar-refractivity contribution in [3.8, 4) is 0 Å². The third-order valence-corrected chi connectivity index (χ3v) is 5.07. The number of amides is 2. The molecule has 1 heterocycles. The van der Waals surface area contributed by atoms with Crippen LogP contribution in [0.3, 0.4) is 0 Å². The molecule has 2 atom stereocenters. The van der Waals surface area contributed by atoms with Gasteiger partial charge in [0.2, 0.25) is 21.8 Å². The monoisotopic (exact) mass is 339 g/mol. The van der Waals surface area contributed by atoms with Crippen molar-refractivity contribution >= 4 is 27.5 Å². The summed E-state index contributed by atoms with van der Waals surface area (Å²) >= 11 is 0. The highest BCUT2D eigenvalue weighted by molar-refractivity contribution is 7.90. The van der Waals surface area contributed by atoms with Gasteiger partial charge in [0.15, 0.2) is 5.25 Å². The molecule has 0 spiro atoms. The Morgan fingerprint density at radius 1 is 1.43 bits per heavy atom. The van der Waals surface area contributed by atoms with Crippen LogP contribution in [0, 0.1) is 0 Å². The summed E-state index contributed by atoms with van der Waals surface area (Å²) in [6, 6.07) is 6.85. The Balaban J connectivity index is 2.22. The number of hydrogen-bond acceptors (Lipinski definition) is 4. The lowest BCUT2D eigenvalue weighted by Gasteiger charge is -2.19. The van der Waals surface area contributed by atoms with Gasteiger partial charge >= 0.3 is 0 Å². The molecule has 0 aliphatic carbocycles. The van der Waals surface area contributed by atoms with Crippen LogP contribution in [0.2, 0.25) is 0 Å². The van der Waals surface area contributed by atoms with E-state index in [1.54, 1.807) is 31.2 Å². The molecule has 126 valence electrons. The second kappa shape index (κ2) is 7.10. The van der Waals surface area contributed by atoms with E-state index in [1.807, 2.05) is 0 Å². The molecular weight excluding hydrogens is 318 g/mol. The molecule has 1 aromatic rings. The van der Waals surface area contributed by atoms with Crippen LogP contribution in [-0.2, 0) is 19.6 Å². The van der Waals surface area contributed by atoms with Gasteiger partial charge in [-0.05, 0) is 24.5 Å². The van der Waals surface area contributed by atoms with E-state index in [0.717, 1.165) is 5.56 Å². The summed E-state index contributed by atoms with van der Waals surface area (Å²) in [7, 11) is -3.97. The zero-order valence-electron chi connectivity index (χ0n) is 12.9. The number of sulfonamides is 1. The van der Waals surface area contributed by atoms with E-state index in [-0.39, 0.29) is 18.4 Å². The van der Waals surface area contributed by atoms with E-state index >= 15 is 0 Å². The summed E-state index contributed by atoms with van der Waals surface area (Å²) in [6.45, 7) is 1.79. The highest BCUT2D eigenvalue weighted by Crippen LogP contribution is 2.29. The van der Waals surface area contributed by atoms with E-state index < -0.39 is 21.2 Å². The third-order valence-electron chi connectivity index (χ3n) is 3.83. The van der Waals surface area contributed by atoms with Crippen molar-refractivity contribution in [2.45, 2.75) is 43.9 Å². The maximum absolute atomic E-state index is 12.3. The van der Waals surface area contributed by atoms with E-state index in [9.17, 15) is 18.0 Å². The van der Waals surface area contributed by atoms with Crippen LogP contribution in [0.4, 0.5) is 5.69 Å². The maximum Gasteiger partial charge on any atom is 0.244 e. The van der Waals surface area contributed by atoms with Crippen LogP contribution >= 0.6 is 0 Å². The summed E-state index contributed by atoms with van der Waals surface area (Å²) < 4.78 is 23.2. The summed E-state index contributed by atoms with van der Waals surface area (Å²) in [4.78, 5) is 23.7. The van der Waals surface area contributed by atoms with Crippen LogP contribution in [0.25, 0.3) is 0 Å². The largest absolute Gasteiger partial charge is 0.349 e. The molecule has 2 amide bonds. The van der Waals surface area contributed by atoms with Crippen molar-refractivity contribution in [2.75, 3.05) is 5.32 Å². The second-order valence-corrected chi connectivity index (χ2v) is 7.35. The molecule has 0 aromatic heterocycles. The number of benzene rings is 1. The molecule has 8 heteroatoms. The second-order valence-electron chi connectivity index (χ2n) is 5.60. The minimum Gasteiger partial charge on any atom is -0.349 e. The van der Waals surface area contributed by atoms with Crippen molar-refractivity contribution < 1.29 is 18.0 Å². The number of carbonyl (C=O) groups excluding carboxylic acids is 2. The quantitative estimate of drug-likeness (QED) is 0.717. The highest BCUT2D eigenvalue weighted by atomic mass is 32.2. The molecule has 1 saturated heterocycles. The smallest absolute Gasteiger partial charge is 0.244 e. The summed E-state index contributed by atoms with van der Waals surface area (Å²) in [5.41, 5.74) is 1.26. The topological polar surface area (TPSA) is 118 Å². The lowest BCUT2D eigenvalue weighted by Crippen LogP contribution is -2.39. The molecule has 1 aromatic carbocycles. The lowest BCUT2D eigenvalue weighted by molar-refractivity contribution is -0.119. The number of carbonyl (C=O) groups is 2. The van der Waals surface area contributed by atoms with E-state index in [4.69, 9.17) is 5.14 Å². The number of anilines is 1. The van der Waals surface area contributed by atoms with Gasteiger partial charge in [0, 0.05) is 12.1 Å². The fraction of sp³-hybridized carbons (Fsp3) is 0.467. The molecule has 1 aliphatic rings. The zero-order valence-corrected chi connectivity index (χ0v) is 13.7. The van der Waals surface area contributed by atoms with E-state index in [2.05, 4.69) is 10.6 Å². The Bertz CT molecular complexity index is 702. The van der Waals surface area contributed by atoms with Crippen molar-refractivity contribution in [2.24, 2.45) is 5.14 Å². The minimum absolute atomic E-state index is 0.0375. The molecule has 1 fully saturated rings. The van der Waals surface area contributed by atoms with Gasteiger partial charge in [0.25, 0.3) is 0 Å². The first-order valence-corrected chi connectivity index (χ1v) is 9.14. The van der Waals surface area contributed by atoms with Gasteiger partial charge in [-0.3, -0.25) is 9.59 Å². The fourth-order valence-electron chi connectivity index (χ4n) is 2.68. The fourth-order valence-corrected chi connectivity index (χ4v) is 3.60. The van der Waals surface area contributed by atoms with Gasteiger partial charge in [0.1, 0.15) is 0 Å². The molecule has 2 rings (SSSR count). The maximum atomic E-state index is 12.3. The molecule has 4 N–H and O–H groups in total. The van der Waals surface area contributed by atoms with E-state index in [1.165, 1.54) is 0 Å². The van der Waals surface area contributed by atoms with E-state index in [0.29, 0.717) is 24.9 Å². The average Bonchev–Trinajstić information content (AvgIpc) is 2.90. The van der Waals surface area contributed by atoms with Gasteiger partial charge in [-0.15, -0.1) is 0 Å². The molecule has 7 nitrogen and oxygen atoms in total. The number of nitrogens with two attached hydrogens (primary N) is 1. The molecule has 2 unspecified atom stereocenters. The molecule has 1 aliphatic heterocycles. The Labute approximate surface area is 135 Å². The number of para-hydroxylation sites is 1. The normalized spacial score (nSPS) is 19.2. The Morgan fingerprint density at radius 2 is 2.13 bits per heavy atom. The molecule has 0 bridgehead atoms. The highest BCUT2D eigenvalue weighted by Gasteiger charge is 2.30. The van der Waals surface area contributed by atoms with Gasteiger partial charge in [-0.25, -0.2) is 13.6 Å². The Kier molecular flexibility index (Phi) is 5.38. The summed E-state index contributed by atoms with van der Waals surface area (Å²) in [6.07, 6.45) is 1.75. The Hall–Kier alpha value is -1.93. The number of rotatable bonds is 6. The molecule has 0 radical (unpaired) electrons. The van der Waals surface area contributed by atoms with Crippen LogP contribution in [0.15, 0.2) is 24.3 Å². The first kappa shape index (κ1) is 17.4. The standard InChI is InChI=1S/C15H21N3O4S/c1-2-5-13(23(16,21)22)15(20)18-11-7-4-3-6-10(11)12-8-9-14(19)17-12/h3-4,6-7,12-13H,2,5,8-9H2,1H3,(H,17,19)(H,18,20)(H2,16,21,22). The average molecular weight is 339 g/mol. The number of primary sulfonamides is 1. The first-order chi connectivity index (χ1) is 10.8. The van der Waals surface area contributed by atoms with Crippen molar-refractivity contribution in [1.82, 2.24) is 5.32 Å². The van der Waals surface area contributed by atoms with Gasteiger partial charge in [0.05, 0.1) is 6.04 Å². The van der Waals surface area contributed by atoms with Crippen LogP contribution in [-0.4, -0.2) is 25.5 Å². The molecular formula is C15H21N3O4S. The van der Waals surface area contributed by atoms with Crippen LogP contribution < -0.4 is 15.8 Å². The van der Waals surface area contributed by atoms with Gasteiger partial charge < -0.3 is 10.6 Å². The van der Waals surface area contributed by atoms with Crippen LogP contribution in [0.1, 0.15) is 44.2 Å². The molecule has 0 saturated carbocycles. The van der Waals surface area contributed by atoms with Gasteiger partial charge in [-0.1, -0.05) is 31.5 Å². The number of nitrogens with one attached hydrogen (secondary N) is 2. The lowest BCUT2D eigenvalue weighted by atomic mass is 10.0. The summed E-state index contributed by atoms with van der Waals surface area (Å²) in [5, 5.41) is 9.35. The predicted octanol–water partition coefficient (Wildman–Crippen LogP) is 1.03. The van der Waals surface area contributed by atoms with Crippen molar-refractivity contribution in [3.63, 3.8) is 0 Å². The van der Waals surface area contributed by atoms with Crippen molar-refractivity contribution in [3.05, 3.63) is 29.8 Å². The SMILES string of the molecule is CCCC(C(=O)Nc1ccccc1C1CCC(=O)N1)S(N)(=O)=O. The third kappa shape index (κ3) is 4.29. The Morgan fingerprint density at radius 3 is 2.70 bits per heavy atom. The first-order valence-electron chi connectivity index (χ1n) is 7.53. The zero-order chi connectivity index (χ0) is 17.0. The summed E-state index contributed by atoms with van der Waals surface area (Å²) in [5.74, 6) is -0.685. The predicted molar refractivity (Wildman–Crippen MR) is 87.0 cm³/mol. The van der Waals surface area contributed by atoms with Gasteiger partial charge in [-0.2, -0.15) is 0 Å².